The zero-order valence-corrected chi connectivity index (χ0v) is 16.9. The highest BCUT2D eigenvalue weighted by molar-refractivity contribution is 7.89. The highest BCUT2D eigenvalue weighted by Gasteiger charge is 2.36. The summed E-state index contributed by atoms with van der Waals surface area (Å²) in [5, 5.41) is 2.94. The second kappa shape index (κ2) is 8.01. The largest absolute Gasteiger partial charge is 0.351 e. The van der Waals surface area contributed by atoms with E-state index in [-0.39, 0.29) is 11.0 Å². The summed E-state index contributed by atoms with van der Waals surface area (Å²) < 4.78 is 39.6. The van der Waals surface area contributed by atoms with Crippen molar-refractivity contribution in [3.8, 4) is 0 Å². The third-order valence-electron chi connectivity index (χ3n) is 5.49. The van der Waals surface area contributed by atoms with E-state index >= 15 is 0 Å². The molecule has 2 aromatic carbocycles. The number of nitrogens with one attached hydrogen (secondary N) is 1. The predicted molar refractivity (Wildman–Crippen MR) is 106 cm³/mol. The van der Waals surface area contributed by atoms with Gasteiger partial charge in [-0.15, -0.1) is 0 Å². The molecule has 1 N–H and O–H groups in total. The monoisotopic (exact) mass is 404 g/mol. The molecular formula is C21H25FN2O3S. The lowest BCUT2D eigenvalue weighted by molar-refractivity contribution is 0.0943. The second-order valence-electron chi connectivity index (χ2n) is 7.47. The van der Waals surface area contributed by atoms with Crippen LogP contribution in [0.1, 0.15) is 41.6 Å². The first-order valence-corrected chi connectivity index (χ1v) is 10.8. The average Bonchev–Trinajstić information content (AvgIpc) is 3.17. The van der Waals surface area contributed by atoms with Gasteiger partial charge in [-0.2, -0.15) is 0 Å². The van der Waals surface area contributed by atoms with Gasteiger partial charge in [0.2, 0.25) is 10.0 Å². The number of carbonyl (C=O) groups excluding carboxylic acids is 1. The Labute approximate surface area is 165 Å². The quantitative estimate of drug-likeness (QED) is 0.803. The Hall–Kier alpha value is -2.25. The molecule has 0 atom stereocenters. The molecule has 1 aliphatic rings. The van der Waals surface area contributed by atoms with Crippen molar-refractivity contribution < 1.29 is 17.6 Å². The van der Waals surface area contributed by atoms with Gasteiger partial charge in [-0.3, -0.25) is 4.79 Å². The summed E-state index contributed by atoms with van der Waals surface area (Å²) in [6.45, 7) is 0.461. The van der Waals surface area contributed by atoms with E-state index < -0.39 is 26.6 Å². The molecule has 150 valence electrons. The molecule has 0 radical (unpaired) electrons. The molecule has 0 saturated heterocycles. The number of rotatable bonds is 6. The third kappa shape index (κ3) is 3.95. The van der Waals surface area contributed by atoms with E-state index in [1.165, 1.54) is 25.7 Å². The van der Waals surface area contributed by atoms with Crippen LogP contribution >= 0.6 is 0 Å². The Bertz CT molecular complexity index is 953. The molecule has 5 nitrogen and oxygen atoms in total. The Morgan fingerprint density at radius 1 is 1.11 bits per heavy atom. The van der Waals surface area contributed by atoms with Gasteiger partial charge in [0.15, 0.2) is 0 Å². The molecule has 0 aliphatic heterocycles. The van der Waals surface area contributed by atoms with Crippen molar-refractivity contribution in [3.05, 3.63) is 65.5 Å². The van der Waals surface area contributed by atoms with Gasteiger partial charge in [-0.25, -0.2) is 17.1 Å². The topological polar surface area (TPSA) is 66.5 Å². The number of halogens is 1. The molecule has 0 bridgehead atoms. The number of nitrogens with zero attached hydrogens (tertiary/aromatic N) is 1. The van der Waals surface area contributed by atoms with Gasteiger partial charge in [0.1, 0.15) is 10.7 Å². The molecule has 3 rings (SSSR count). The van der Waals surface area contributed by atoms with Crippen molar-refractivity contribution in [2.24, 2.45) is 0 Å². The standard InChI is InChI=1S/C21H25FN2O3S/c1-24(2)28(26,27)19-14-16(10-11-18(19)22)20(25)23-15-21(12-6-7-13-21)17-8-4-3-5-9-17/h3-5,8-11,14H,6-7,12-13,15H2,1-2H3,(H,23,25). The maximum Gasteiger partial charge on any atom is 0.251 e. The van der Waals surface area contributed by atoms with Crippen molar-refractivity contribution >= 4 is 15.9 Å². The van der Waals surface area contributed by atoms with Crippen LogP contribution in [0.5, 0.6) is 0 Å². The maximum atomic E-state index is 14.1. The normalized spacial score (nSPS) is 16.3. The minimum Gasteiger partial charge on any atom is -0.351 e. The first-order valence-electron chi connectivity index (χ1n) is 9.32. The van der Waals surface area contributed by atoms with Crippen LogP contribution in [-0.4, -0.2) is 39.3 Å². The number of hydrogen-bond donors (Lipinski definition) is 1. The molecule has 1 saturated carbocycles. The minimum absolute atomic E-state index is 0.116. The van der Waals surface area contributed by atoms with Gasteiger partial charge in [0.25, 0.3) is 5.91 Å². The van der Waals surface area contributed by atoms with Gasteiger partial charge in [0.05, 0.1) is 0 Å². The summed E-state index contributed by atoms with van der Waals surface area (Å²) in [5.41, 5.74) is 1.21. The predicted octanol–water partition coefficient (Wildman–Crippen LogP) is 3.32. The van der Waals surface area contributed by atoms with E-state index in [0.717, 1.165) is 42.1 Å². The van der Waals surface area contributed by atoms with Gasteiger partial charge < -0.3 is 5.32 Å². The van der Waals surface area contributed by atoms with Crippen LogP contribution in [0.15, 0.2) is 53.4 Å². The Morgan fingerprint density at radius 2 is 1.75 bits per heavy atom. The van der Waals surface area contributed by atoms with Crippen molar-refractivity contribution in [3.63, 3.8) is 0 Å². The number of sulfonamides is 1. The lowest BCUT2D eigenvalue weighted by atomic mass is 9.79. The fraction of sp³-hybridized carbons (Fsp3) is 0.381. The highest BCUT2D eigenvalue weighted by atomic mass is 32.2. The molecule has 28 heavy (non-hydrogen) atoms. The summed E-state index contributed by atoms with van der Waals surface area (Å²) in [6.07, 6.45) is 4.18. The molecular weight excluding hydrogens is 379 g/mol. The Kier molecular flexibility index (Phi) is 5.86. The van der Waals surface area contributed by atoms with Gasteiger partial charge in [-0.05, 0) is 36.6 Å². The highest BCUT2D eigenvalue weighted by Crippen LogP contribution is 2.40. The van der Waals surface area contributed by atoms with Gasteiger partial charge >= 0.3 is 0 Å². The lowest BCUT2D eigenvalue weighted by Crippen LogP contribution is -2.39. The van der Waals surface area contributed by atoms with Crippen molar-refractivity contribution in [2.45, 2.75) is 36.0 Å². The second-order valence-corrected chi connectivity index (χ2v) is 9.59. The first kappa shape index (κ1) is 20.5. The number of benzene rings is 2. The molecule has 2 aromatic rings. The summed E-state index contributed by atoms with van der Waals surface area (Å²) in [5.74, 6) is -1.28. The summed E-state index contributed by atoms with van der Waals surface area (Å²) in [4.78, 5) is 12.2. The van der Waals surface area contributed by atoms with Crippen LogP contribution in [0.2, 0.25) is 0 Å². The van der Waals surface area contributed by atoms with E-state index in [9.17, 15) is 17.6 Å². The molecule has 0 spiro atoms. The number of amides is 1. The van der Waals surface area contributed by atoms with Gasteiger partial charge in [0, 0.05) is 31.6 Å². The zero-order valence-electron chi connectivity index (χ0n) is 16.1. The van der Waals surface area contributed by atoms with E-state index in [1.807, 2.05) is 18.2 Å². The van der Waals surface area contributed by atoms with Crippen LogP contribution in [0.25, 0.3) is 0 Å². The summed E-state index contributed by atoms with van der Waals surface area (Å²) in [6, 6.07) is 13.6. The fourth-order valence-electron chi connectivity index (χ4n) is 3.80. The van der Waals surface area contributed by atoms with Crippen molar-refractivity contribution in [2.75, 3.05) is 20.6 Å². The smallest absolute Gasteiger partial charge is 0.251 e. The third-order valence-corrected chi connectivity index (χ3v) is 7.32. The first-order chi connectivity index (χ1) is 13.3. The molecule has 1 amide bonds. The summed E-state index contributed by atoms with van der Waals surface area (Å²) >= 11 is 0. The lowest BCUT2D eigenvalue weighted by Gasteiger charge is -2.30. The van der Waals surface area contributed by atoms with Crippen LogP contribution in [0.4, 0.5) is 4.39 Å². The molecule has 7 heteroatoms. The summed E-state index contributed by atoms with van der Waals surface area (Å²) in [7, 11) is -1.32. The van der Waals surface area contributed by atoms with Gasteiger partial charge in [-0.1, -0.05) is 43.2 Å². The van der Waals surface area contributed by atoms with Crippen LogP contribution in [-0.2, 0) is 15.4 Å². The van der Waals surface area contributed by atoms with Crippen LogP contribution in [0.3, 0.4) is 0 Å². The van der Waals surface area contributed by atoms with Crippen LogP contribution < -0.4 is 5.32 Å². The maximum absolute atomic E-state index is 14.1. The minimum atomic E-state index is -3.97. The SMILES string of the molecule is CN(C)S(=O)(=O)c1cc(C(=O)NCC2(c3ccccc3)CCCC2)ccc1F. The molecule has 0 aromatic heterocycles. The van der Waals surface area contributed by atoms with E-state index in [4.69, 9.17) is 0 Å². The molecule has 1 fully saturated rings. The Balaban J connectivity index is 1.82. The fourth-order valence-corrected chi connectivity index (χ4v) is 4.79. The van der Waals surface area contributed by atoms with Crippen molar-refractivity contribution in [1.82, 2.24) is 9.62 Å². The number of carbonyl (C=O) groups is 1. The van der Waals surface area contributed by atoms with E-state index in [0.29, 0.717) is 6.54 Å². The Morgan fingerprint density at radius 3 is 2.36 bits per heavy atom. The molecule has 1 aliphatic carbocycles. The van der Waals surface area contributed by atoms with Crippen molar-refractivity contribution in [1.29, 1.82) is 0 Å². The van der Waals surface area contributed by atoms with E-state index in [2.05, 4.69) is 17.4 Å². The average molecular weight is 405 g/mol. The van der Waals surface area contributed by atoms with Crippen LogP contribution in [0, 0.1) is 5.82 Å². The zero-order chi connectivity index (χ0) is 20.4. The molecule has 0 heterocycles. The number of hydrogen-bond acceptors (Lipinski definition) is 3. The molecule has 0 unspecified atom stereocenters. The van der Waals surface area contributed by atoms with E-state index in [1.54, 1.807) is 0 Å².